The van der Waals surface area contributed by atoms with Crippen LogP contribution >= 0.6 is 0 Å². The summed E-state index contributed by atoms with van der Waals surface area (Å²) in [5.41, 5.74) is 2.44. The zero-order chi connectivity index (χ0) is 13.9. The average molecular weight is 266 g/mol. The van der Waals surface area contributed by atoms with Crippen LogP contribution in [0.1, 0.15) is 31.4 Å². The lowest BCUT2D eigenvalue weighted by Crippen LogP contribution is -2.12. The molecule has 0 amide bonds. The molecule has 0 aliphatic rings. The third-order valence-electron chi connectivity index (χ3n) is 2.87. The Morgan fingerprint density at radius 3 is 2.26 bits per heavy atom. The minimum Gasteiger partial charge on any atom is -0.491 e. The SMILES string of the molecule is CCCOCCOCCOc1c(C)cccc1CC. The van der Waals surface area contributed by atoms with Crippen molar-refractivity contribution >= 4 is 0 Å². The van der Waals surface area contributed by atoms with E-state index in [9.17, 15) is 0 Å². The number of benzene rings is 1. The lowest BCUT2D eigenvalue weighted by molar-refractivity contribution is 0.0364. The maximum absolute atomic E-state index is 5.82. The topological polar surface area (TPSA) is 27.7 Å². The third-order valence-corrected chi connectivity index (χ3v) is 2.87. The normalized spacial score (nSPS) is 10.7. The summed E-state index contributed by atoms with van der Waals surface area (Å²) in [6.45, 7) is 9.62. The predicted molar refractivity (Wildman–Crippen MR) is 78.0 cm³/mol. The minimum atomic E-state index is 0.589. The lowest BCUT2D eigenvalue weighted by atomic mass is 10.1. The van der Waals surface area contributed by atoms with E-state index in [0.717, 1.165) is 25.2 Å². The van der Waals surface area contributed by atoms with Crippen molar-refractivity contribution in [3.8, 4) is 5.75 Å². The van der Waals surface area contributed by atoms with Gasteiger partial charge >= 0.3 is 0 Å². The highest BCUT2D eigenvalue weighted by Crippen LogP contribution is 2.23. The van der Waals surface area contributed by atoms with Crippen LogP contribution in [-0.2, 0) is 15.9 Å². The Kier molecular flexibility index (Phi) is 8.26. The van der Waals surface area contributed by atoms with Crippen molar-refractivity contribution in [3.63, 3.8) is 0 Å². The standard InChI is InChI=1S/C16H26O3/c1-4-9-17-10-11-18-12-13-19-16-14(3)7-6-8-15(16)5-2/h6-8H,4-5,9-13H2,1-3H3. The van der Waals surface area contributed by atoms with E-state index in [1.807, 2.05) is 0 Å². The van der Waals surface area contributed by atoms with Gasteiger partial charge in [-0.15, -0.1) is 0 Å². The van der Waals surface area contributed by atoms with Crippen LogP contribution in [0.2, 0.25) is 0 Å². The molecule has 0 aliphatic carbocycles. The molecule has 0 bridgehead atoms. The van der Waals surface area contributed by atoms with Crippen LogP contribution in [0.25, 0.3) is 0 Å². The van der Waals surface area contributed by atoms with Crippen molar-refractivity contribution < 1.29 is 14.2 Å². The summed E-state index contributed by atoms with van der Waals surface area (Å²) in [5.74, 6) is 1.01. The minimum absolute atomic E-state index is 0.589. The summed E-state index contributed by atoms with van der Waals surface area (Å²) < 4.78 is 16.6. The van der Waals surface area contributed by atoms with Crippen LogP contribution in [-0.4, -0.2) is 33.0 Å². The van der Waals surface area contributed by atoms with E-state index in [1.54, 1.807) is 0 Å². The molecule has 0 unspecified atom stereocenters. The number of rotatable bonds is 10. The zero-order valence-corrected chi connectivity index (χ0v) is 12.4. The first-order valence-electron chi connectivity index (χ1n) is 7.16. The summed E-state index contributed by atoms with van der Waals surface area (Å²) in [6, 6.07) is 6.26. The Hall–Kier alpha value is -1.06. The average Bonchev–Trinajstić information content (AvgIpc) is 2.43. The van der Waals surface area contributed by atoms with Crippen molar-refractivity contribution in [2.75, 3.05) is 33.0 Å². The van der Waals surface area contributed by atoms with E-state index in [-0.39, 0.29) is 0 Å². The van der Waals surface area contributed by atoms with E-state index in [1.165, 1.54) is 11.1 Å². The van der Waals surface area contributed by atoms with E-state index in [4.69, 9.17) is 14.2 Å². The highest BCUT2D eigenvalue weighted by Gasteiger charge is 2.04. The van der Waals surface area contributed by atoms with E-state index in [2.05, 4.69) is 39.0 Å². The Balaban J connectivity index is 2.19. The van der Waals surface area contributed by atoms with Gasteiger partial charge in [0.15, 0.2) is 0 Å². The summed E-state index contributed by atoms with van der Waals surface area (Å²) in [5, 5.41) is 0. The molecule has 1 aromatic rings. The fourth-order valence-electron chi connectivity index (χ4n) is 1.87. The fourth-order valence-corrected chi connectivity index (χ4v) is 1.87. The van der Waals surface area contributed by atoms with Crippen molar-refractivity contribution in [2.24, 2.45) is 0 Å². The van der Waals surface area contributed by atoms with Crippen LogP contribution in [0.3, 0.4) is 0 Å². The fraction of sp³-hybridized carbons (Fsp3) is 0.625. The summed E-state index contributed by atoms with van der Waals surface area (Å²) in [4.78, 5) is 0. The smallest absolute Gasteiger partial charge is 0.125 e. The molecule has 0 saturated heterocycles. The first kappa shape index (κ1) is 16.0. The molecule has 1 aromatic carbocycles. The van der Waals surface area contributed by atoms with Gasteiger partial charge in [-0.05, 0) is 30.9 Å². The first-order valence-corrected chi connectivity index (χ1v) is 7.16. The van der Waals surface area contributed by atoms with Crippen LogP contribution < -0.4 is 4.74 Å². The monoisotopic (exact) mass is 266 g/mol. The zero-order valence-electron chi connectivity index (χ0n) is 12.4. The third kappa shape index (κ3) is 6.08. The van der Waals surface area contributed by atoms with Gasteiger partial charge in [0.05, 0.1) is 19.8 Å². The van der Waals surface area contributed by atoms with Gasteiger partial charge in [-0.2, -0.15) is 0 Å². The molecule has 3 heteroatoms. The number of ether oxygens (including phenoxy) is 3. The molecule has 0 radical (unpaired) electrons. The van der Waals surface area contributed by atoms with Gasteiger partial charge in [0.25, 0.3) is 0 Å². The molecule has 3 nitrogen and oxygen atoms in total. The van der Waals surface area contributed by atoms with Gasteiger partial charge in [-0.25, -0.2) is 0 Å². The van der Waals surface area contributed by atoms with Gasteiger partial charge in [0.1, 0.15) is 12.4 Å². The first-order chi connectivity index (χ1) is 9.29. The van der Waals surface area contributed by atoms with Gasteiger partial charge in [0.2, 0.25) is 0 Å². The van der Waals surface area contributed by atoms with Crippen LogP contribution in [0.4, 0.5) is 0 Å². The quantitative estimate of drug-likeness (QED) is 0.608. The molecule has 0 heterocycles. The molecular formula is C16H26O3. The number of hydrogen-bond acceptors (Lipinski definition) is 3. The van der Waals surface area contributed by atoms with Crippen molar-refractivity contribution in [3.05, 3.63) is 29.3 Å². The molecule has 1 rings (SSSR count). The van der Waals surface area contributed by atoms with E-state index >= 15 is 0 Å². The molecule has 0 aromatic heterocycles. The molecule has 0 fully saturated rings. The highest BCUT2D eigenvalue weighted by molar-refractivity contribution is 5.40. The van der Waals surface area contributed by atoms with Crippen LogP contribution in [0, 0.1) is 6.92 Å². The molecule has 19 heavy (non-hydrogen) atoms. The summed E-state index contributed by atoms with van der Waals surface area (Å²) in [6.07, 6.45) is 2.04. The number of aryl methyl sites for hydroxylation is 2. The van der Waals surface area contributed by atoms with Crippen LogP contribution in [0.15, 0.2) is 18.2 Å². The van der Waals surface area contributed by atoms with Crippen LogP contribution in [0.5, 0.6) is 5.75 Å². The second-order valence-electron chi connectivity index (χ2n) is 4.49. The predicted octanol–water partition coefficient (Wildman–Crippen LogP) is 3.38. The van der Waals surface area contributed by atoms with Crippen molar-refractivity contribution in [1.82, 2.24) is 0 Å². The maximum atomic E-state index is 5.82. The van der Waals surface area contributed by atoms with Gasteiger partial charge in [0, 0.05) is 6.61 Å². The summed E-state index contributed by atoms with van der Waals surface area (Å²) >= 11 is 0. The lowest BCUT2D eigenvalue weighted by Gasteiger charge is -2.13. The van der Waals surface area contributed by atoms with Gasteiger partial charge < -0.3 is 14.2 Å². The Bertz CT molecular complexity index is 350. The Morgan fingerprint density at radius 2 is 1.58 bits per heavy atom. The molecule has 0 spiro atoms. The second-order valence-corrected chi connectivity index (χ2v) is 4.49. The van der Waals surface area contributed by atoms with E-state index < -0.39 is 0 Å². The second kappa shape index (κ2) is 9.82. The summed E-state index contributed by atoms with van der Waals surface area (Å²) in [7, 11) is 0. The van der Waals surface area contributed by atoms with Crippen molar-refractivity contribution in [2.45, 2.75) is 33.6 Å². The Labute approximate surface area is 116 Å². The number of hydrogen-bond donors (Lipinski definition) is 0. The number of para-hydroxylation sites is 1. The molecule has 0 N–H and O–H groups in total. The molecule has 0 atom stereocenters. The molecule has 0 aliphatic heterocycles. The van der Waals surface area contributed by atoms with Gasteiger partial charge in [-0.3, -0.25) is 0 Å². The largest absolute Gasteiger partial charge is 0.491 e. The molecule has 108 valence electrons. The van der Waals surface area contributed by atoms with Crippen molar-refractivity contribution in [1.29, 1.82) is 0 Å². The molecule has 0 saturated carbocycles. The highest BCUT2D eigenvalue weighted by atomic mass is 16.5. The van der Waals surface area contributed by atoms with Gasteiger partial charge in [-0.1, -0.05) is 32.0 Å². The molecular weight excluding hydrogens is 240 g/mol. The maximum Gasteiger partial charge on any atom is 0.125 e. The Morgan fingerprint density at radius 1 is 0.895 bits per heavy atom. The van der Waals surface area contributed by atoms with E-state index in [0.29, 0.717) is 26.4 Å².